The van der Waals surface area contributed by atoms with E-state index >= 15 is 0 Å². The predicted molar refractivity (Wildman–Crippen MR) is 129 cm³/mol. The Bertz CT molecular complexity index is 1310. The molecule has 8 nitrogen and oxygen atoms in total. The van der Waals surface area contributed by atoms with Gasteiger partial charge in [0.15, 0.2) is 0 Å². The molecule has 3 aromatic heterocycles. The number of fused-ring (bicyclic) bond motifs is 1. The highest BCUT2D eigenvalue weighted by Gasteiger charge is 2.16. The maximum Gasteiger partial charge on any atom is 0.249 e. The van der Waals surface area contributed by atoms with E-state index in [-0.39, 0.29) is 5.92 Å². The van der Waals surface area contributed by atoms with Gasteiger partial charge < -0.3 is 11.1 Å². The minimum absolute atomic E-state index is 0.0799. The molecule has 0 bridgehead atoms. The lowest BCUT2D eigenvalue weighted by Crippen LogP contribution is -2.14. The highest BCUT2D eigenvalue weighted by molar-refractivity contribution is 7.81. The summed E-state index contributed by atoms with van der Waals surface area (Å²) in [4.78, 5) is 33.5. The van der Waals surface area contributed by atoms with Crippen molar-refractivity contribution < 1.29 is 4.79 Å². The fraction of sp³-hybridized carbons (Fsp3) is 0.182. The first-order chi connectivity index (χ1) is 15.3. The second-order valence-corrected chi connectivity index (χ2v) is 8.18. The molecule has 1 atom stereocenters. The monoisotopic (exact) mass is 463 g/mol. The van der Waals surface area contributed by atoms with Gasteiger partial charge in [-0.15, -0.1) is 25.3 Å². The Morgan fingerprint density at radius 1 is 1.12 bits per heavy atom. The quantitative estimate of drug-likeness (QED) is 0.254. The van der Waals surface area contributed by atoms with E-state index in [2.05, 4.69) is 62.4 Å². The molecule has 4 aromatic rings. The number of amides is 1. The Morgan fingerprint density at radius 3 is 2.59 bits per heavy atom. The lowest BCUT2D eigenvalue weighted by Gasteiger charge is -2.16. The summed E-state index contributed by atoms with van der Waals surface area (Å²) in [6, 6.07) is 9.22. The number of primary amides is 1. The Hall–Kier alpha value is -3.24. The molecular weight excluding hydrogens is 442 g/mol. The Labute approximate surface area is 196 Å². The Morgan fingerprint density at radius 2 is 1.88 bits per heavy atom. The molecule has 3 N–H and O–H groups in total. The van der Waals surface area contributed by atoms with Crippen LogP contribution in [0.5, 0.6) is 0 Å². The summed E-state index contributed by atoms with van der Waals surface area (Å²) in [7, 11) is 0. The smallest absolute Gasteiger partial charge is 0.249 e. The van der Waals surface area contributed by atoms with Crippen LogP contribution in [0.3, 0.4) is 0 Å². The molecule has 0 aliphatic carbocycles. The van der Waals surface area contributed by atoms with Gasteiger partial charge in [0.2, 0.25) is 5.91 Å². The lowest BCUT2D eigenvalue weighted by atomic mass is 9.96. The molecule has 32 heavy (non-hydrogen) atoms. The Kier molecular flexibility index (Phi) is 6.24. The first-order valence-electron chi connectivity index (χ1n) is 9.85. The highest BCUT2D eigenvalue weighted by Crippen LogP contribution is 2.30. The molecule has 1 aromatic carbocycles. The molecule has 1 amide bonds. The summed E-state index contributed by atoms with van der Waals surface area (Å²) in [6.07, 6.45) is 3.08. The molecule has 10 heteroatoms. The number of rotatable bonds is 6. The van der Waals surface area contributed by atoms with Crippen LogP contribution < -0.4 is 11.1 Å². The third-order valence-electron chi connectivity index (χ3n) is 5.09. The summed E-state index contributed by atoms with van der Waals surface area (Å²) in [6.45, 7) is 4.45. The SMILES string of the molecule is Cc1nc(S)c(-c2cc(NC[C@@H](C)c3cccc4c(C(N)=O)ccnc34)ncn2)c(S)n1. The number of nitrogens with two attached hydrogens (primary N) is 1. The zero-order chi connectivity index (χ0) is 22.8. The predicted octanol–water partition coefficient (Wildman–Crippen LogP) is 3.68. The first kappa shape index (κ1) is 22.0. The topological polar surface area (TPSA) is 120 Å². The molecule has 0 saturated heterocycles. The molecule has 0 unspecified atom stereocenters. The minimum Gasteiger partial charge on any atom is -0.369 e. The van der Waals surface area contributed by atoms with Crippen LogP contribution in [0.4, 0.5) is 5.82 Å². The van der Waals surface area contributed by atoms with Crippen LogP contribution in [0.15, 0.2) is 52.9 Å². The number of anilines is 1. The normalized spacial score (nSPS) is 12.0. The molecule has 0 saturated carbocycles. The number of hydrogen-bond acceptors (Lipinski definition) is 9. The molecule has 0 fully saturated rings. The summed E-state index contributed by atoms with van der Waals surface area (Å²) in [5.74, 6) is 0.847. The molecule has 162 valence electrons. The van der Waals surface area contributed by atoms with E-state index in [1.54, 1.807) is 19.2 Å². The van der Waals surface area contributed by atoms with Gasteiger partial charge in [-0.05, 0) is 18.6 Å². The number of nitrogens with one attached hydrogen (secondary N) is 1. The van der Waals surface area contributed by atoms with Crippen LogP contribution in [0.2, 0.25) is 0 Å². The first-order valence-corrected chi connectivity index (χ1v) is 10.7. The maximum absolute atomic E-state index is 11.8. The third-order valence-corrected chi connectivity index (χ3v) is 5.74. The largest absolute Gasteiger partial charge is 0.369 e. The van der Waals surface area contributed by atoms with Crippen LogP contribution in [0.1, 0.15) is 34.6 Å². The maximum atomic E-state index is 11.8. The summed E-state index contributed by atoms with van der Waals surface area (Å²) >= 11 is 8.90. The van der Waals surface area contributed by atoms with Gasteiger partial charge in [0.1, 0.15) is 28.0 Å². The molecular formula is C22H21N7OS2. The van der Waals surface area contributed by atoms with E-state index in [0.29, 0.717) is 45.1 Å². The van der Waals surface area contributed by atoms with Crippen molar-refractivity contribution in [2.24, 2.45) is 5.73 Å². The number of benzene rings is 1. The number of carbonyl (C=O) groups excluding carboxylic acids is 1. The zero-order valence-electron chi connectivity index (χ0n) is 17.4. The van der Waals surface area contributed by atoms with Crippen molar-refractivity contribution in [3.8, 4) is 11.3 Å². The number of nitrogens with zero attached hydrogens (tertiary/aromatic N) is 5. The van der Waals surface area contributed by atoms with Crippen molar-refractivity contribution in [1.29, 1.82) is 0 Å². The van der Waals surface area contributed by atoms with E-state index in [0.717, 1.165) is 16.5 Å². The van der Waals surface area contributed by atoms with E-state index in [1.165, 1.54) is 6.33 Å². The van der Waals surface area contributed by atoms with Gasteiger partial charge in [0, 0.05) is 30.1 Å². The van der Waals surface area contributed by atoms with Gasteiger partial charge in [-0.3, -0.25) is 9.78 Å². The van der Waals surface area contributed by atoms with Gasteiger partial charge in [-0.25, -0.2) is 19.9 Å². The molecule has 4 rings (SSSR count). The van der Waals surface area contributed by atoms with E-state index in [1.807, 2.05) is 24.3 Å². The van der Waals surface area contributed by atoms with Crippen LogP contribution in [-0.4, -0.2) is 37.4 Å². The van der Waals surface area contributed by atoms with Gasteiger partial charge in [0.25, 0.3) is 0 Å². The number of pyridine rings is 1. The summed E-state index contributed by atoms with van der Waals surface area (Å²) < 4.78 is 0. The third kappa shape index (κ3) is 4.37. The number of hydrogen-bond donors (Lipinski definition) is 4. The summed E-state index contributed by atoms with van der Waals surface area (Å²) in [5.41, 5.74) is 9.03. The Balaban J connectivity index is 1.59. The molecule has 0 aliphatic rings. The number of thiol groups is 2. The second-order valence-electron chi connectivity index (χ2n) is 7.33. The molecule has 0 aliphatic heterocycles. The van der Waals surface area contributed by atoms with Crippen LogP contribution in [0, 0.1) is 6.92 Å². The molecule has 3 heterocycles. The summed E-state index contributed by atoms with van der Waals surface area (Å²) in [5, 5.41) is 5.10. The van der Waals surface area contributed by atoms with Crippen molar-refractivity contribution in [2.75, 3.05) is 11.9 Å². The zero-order valence-corrected chi connectivity index (χ0v) is 19.2. The van der Waals surface area contributed by atoms with Crippen LogP contribution in [-0.2, 0) is 0 Å². The average Bonchev–Trinajstić information content (AvgIpc) is 2.76. The second kappa shape index (κ2) is 9.09. The van der Waals surface area contributed by atoms with Gasteiger partial charge in [-0.2, -0.15) is 0 Å². The average molecular weight is 464 g/mol. The van der Waals surface area contributed by atoms with Gasteiger partial charge in [0.05, 0.1) is 22.3 Å². The van der Waals surface area contributed by atoms with Crippen molar-refractivity contribution in [1.82, 2.24) is 24.9 Å². The van der Waals surface area contributed by atoms with Crippen molar-refractivity contribution in [2.45, 2.75) is 29.8 Å². The molecule has 0 spiro atoms. The lowest BCUT2D eigenvalue weighted by molar-refractivity contribution is 0.100. The van der Waals surface area contributed by atoms with Gasteiger partial charge in [-0.1, -0.05) is 25.1 Å². The minimum atomic E-state index is -0.471. The fourth-order valence-electron chi connectivity index (χ4n) is 3.54. The standard InChI is InChI=1S/C22H21N7OS2/c1-11(13-4-3-5-14-15(20(23)30)6-7-24-19(13)14)9-25-17-8-16(26-10-27-17)18-21(31)28-12(2)29-22(18)32/h3-8,10-11H,9H2,1-2H3,(H2,23,30)(H,25,26,27)(H2,28,29,31,32)/t11-/m1/s1. The molecule has 0 radical (unpaired) electrons. The number of aromatic nitrogens is 5. The van der Waals surface area contributed by atoms with E-state index < -0.39 is 5.91 Å². The van der Waals surface area contributed by atoms with Crippen molar-refractivity contribution >= 4 is 47.9 Å². The number of aryl methyl sites for hydroxylation is 1. The fourth-order valence-corrected chi connectivity index (χ4v) is 4.36. The van der Waals surface area contributed by atoms with Crippen LogP contribution >= 0.6 is 25.3 Å². The van der Waals surface area contributed by atoms with Crippen LogP contribution in [0.25, 0.3) is 22.2 Å². The number of carbonyl (C=O) groups is 1. The van der Waals surface area contributed by atoms with Gasteiger partial charge >= 0.3 is 0 Å². The van der Waals surface area contributed by atoms with E-state index in [9.17, 15) is 4.79 Å². The van der Waals surface area contributed by atoms with Crippen molar-refractivity contribution in [3.05, 3.63) is 59.8 Å². The van der Waals surface area contributed by atoms with Crippen molar-refractivity contribution in [3.63, 3.8) is 0 Å². The number of para-hydroxylation sites is 1. The highest BCUT2D eigenvalue weighted by atomic mass is 32.1. The van der Waals surface area contributed by atoms with E-state index in [4.69, 9.17) is 5.73 Å².